The number of nitrogens with zero attached hydrogens (tertiary/aromatic N) is 1. The molecule has 6 heteroatoms. The van der Waals surface area contributed by atoms with Gasteiger partial charge in [0.2, 0.25) is 15.9 Å². The predicted octanol–water partition coefficient (Wildman–Crippen LogP) is 0.327. The molecule has 1 unspecified atom stereocenters. The number of piperidine rings is 1. The molecule has 2 rings (SSSR count). The second-order valence-corrected chi connectivity index (χ2v) is 6.91. The van der Waals surface area contributed by atoms with E-state index in [0.29, 0.717) is 6.54 Å². The monoisotopic (exact) mass is 260 g/mol. The van der Waals surface area contributed by atoms with E-state index >= 15 is 0 Å². The number of amides is 1. The molecule has 1 N–H and O–H groups in total. The second-order valence-electron chi connectivity index (χ2n) is 5.08. The van der Waals surface area contributed by atoms with Gasteiger partial charge in [-0.3, -0.25) is 4.79 Å². The highest BCUT2D eigenvalue weighted by Gasteiger charge is 2.37. The fourth-order valence-corrected chi connectivity index (χ4v) is 2.81. The van der Waals surface area contributed by atoms with Gasteiger partial charge in [-0.15, -0.1) is 0 Å². The van der Waals surface area contributed by atoms with Gasteiger partial charge in [0, 0.05) is 25.0 Å². The van der Waals surface area contributed by atoms with Crippen molar-refractivity contribution in [3.05, 3.63) is 0 Å². The molecule has 1 saturated carbocycles. The van der Waals surface area contributed by atoms with Crippen LogP contribution in [0.2, 0.25) is 0 Å². The van der Waals surface area contributed by atoms with Crippen molar-refractivity contribution in [2.24, 2.45) is 5.92 Å². The van der Waals surface area contributed by atoms with Crippen LogP contribution in [0.5, 0.6) is 0 Å². The lowest BCUT2D eigenvalue weighted by molar-refractivity contribution is -0.136. The molecular weight excluding hydrogens is 240 g/mol. The fraction of sp³-hybridized carbons (Fsp3) is 0.909. The van der Waals surface area contributed by atoms with E-state index in [2.05, 4.69) is 4.72 Å². The van der Waals surface area contributed by atoms with Crippen LogP contribution in [0.25, 0.3) is 0 Å². The smallest absolute Gasteiger partial charge is 0.225 e. The van der Waals surface area contributed by atoms with Crippen LogP contribution in [0.15, 0.2) is 0 Å². The molecule has 0 spiro atoms. The van der Waals surface area contributed by atoms with Gasteiger partial charge in [-0.25, -0.2) is 13.1 Å². The summed E-state index contributed by atoms with van der Waals surface area (Å²) in [5.74, 6) is 0.443. The summed E-state index contributed by atoms with van der Waals surface area (Å²) < 4.78 is 24.7. The van der Waals surface area contributed by atoms with E-state index in [-0.39, 0.29) is 17.9 Å². The van der Waals surface area contributed by atoms with Crippen LogP contribution in [-0.2, 0) is 14.8 Å². The van der Waals surface area contributed by atoms with Crippen molar-refractivity contribution < 1.29 is 13.2 Å². The van der Waals surface area contributed by atoms with Gasteiger partial charge in [0.1, 0.15) is 0 Å². The number of carbonyl (C=O) groups excluding carboxylic acids is 1. The Balaban J connectivity index is 1.94. The molecule has 0 bridgehead atoms. The molecule has 2 fully saturated rings. The fourth-order valence-electron chi connectivity index (χ4n) is 2.32. The molecule has 1 saturated heterocycles. The topological polar surface area (TPSA) is 66.5 Å². The van der Waals surface area contributed by atoms with Gasteiger partial charge in [0.25, 0.3) is 0 Å². The summed E-state index contributed by atoms with van der Waals surface area (Å²) in [6.45, 7) is 1.14. The number of rotatable bonds is 4. The average molecular weight is 260 g/mol. The van der Waals surface area contributed by atoms with Crippen LogP contribution in [-0.4, -0.2) is 44.6 Å². The van der Waals surface area contributed by atoms with Crippen molar-refractivity contribution in [1.82, 2.24) is 9.62 Å². The molecule has 1 aliphatic carbocycles. The number of sulfonamides is 1. The zero-order chi connectivity index (χ0) is 12.5. The predicted molar refractivity (Wildman–Crippen MR) is 64.9 cm³/mol. The largest absolute Gasteiger partial charge is 0.338 e. The molecule has 0 aromatic rings. The van der Waals surface area contributed by atoms with Gasteiger partial charge in [0.05, 0.1) is 6.26 Å². The van der Waals surface area contributed by atoms with Gasteiger partial charge in [0.15, 0.2) is 0 Å². The van der Waals surface area contributed by atoms with Crippen molar-refractivity contribution in [2.45, 2.75) is 38.1 Å². The van der Waals surface area contributed by atoms with E-state index in [4.69, 9.17) is 0 Å². The normalized spacial score (nSPS) is 25.9. The highest BCUT2D eigenvalue weighted by atomic mass is 32.2. The minimum Gasteiger partial charge on any atom is -0.338 e. The highest BCUT2D eigenvalue weighted by molar-refractivity contribution is 7.88. The Morgan fingerprint density at radius 1 is 1.29 bits per heavy atom. The molecular formula is C11H20N2O3S. The number of hydrogen-bond acceptors (Lipinski definition) is 3. The van der Waals surface area contributed by atoms with Crippen LogP contribution in [0, 0.1) is 5.92 Å². The van der Waals surface area contributed by atoms with Crippen molar-refractivity contribution in [3.8, 4) is 0 Å². The van der Waals surface area contributed by atoms with Gasteiger partial charge in [-0.1, -0.05) is 0 Å². The lowest BCUT2D eigenvalue weighted by Gasteiger charge is -2.36. The van der Waals surface area contributed by atoms with E-state index in [9.17, 15) is 13.2 Å². The van der Waals surface area contributed by atoms with Crippen molar-refractivity contribution in [1.29, 1.82) is 0 Å². The summed E-state index contributed by atoms with van der Waals surface area (Å²) in [7, 11) is -3.17. The lowest BCUT2D eigenvalue weighted by atomic mass is 10.0. The second kappa shape index (κ2) is 4.94. The van der Waals surface area contributed by atoms with Crippen LogP contribution in [0.4, 0.5) is 0 Å². The standard InChI is InChI=1S/C11H20N2O3S/c1-17(15,16)12-8-10-4-2-3-7-13(10)11(14)9-5-6-9/h9-10,12H,2-8H2,1H3. The summed E-state index contributed by atoms with van der Waals surface area (Å²) in [6, 6.07) is 0.0478. The lowest BCUT2D eigenvalue weighted by Crippen LogP contribution is -2.49. The Morgan fingerprint density at radius 3 is 2.59 bits per heavy atom. The van der Waals surface area contributed by atoms with E-state index in [1.807, 2.05) is 4.90 Å². The van der Waals surface area contributed by atoms with Crippen LogP contribution in [0.1, 0.15) is 32.1 Å². The van der Waals surface area contributed by atoms with Gasteiger partial charge in [-0.2, -0.15) is 0 Å². The maximum Gasteiger partial charge on any atom is 0.225 e. The SMILES string of the molecule is CS(=O)(=O)NCC1CCCCN1C(=O)C1CC1. The third kappa shape index (κ3) is 3.67. The Labute approximate surface area is 103 Å². The highest BCUT2D eigenvalue weighted by Crippen LogP contribution is 2.33. The first-order chi connectivity index (χ1) is 7.97. The van der Waals surface area contributed by atoms with Gasteiger partial charge in [-0.05, 0) is 32.1 Å². The maximum absolute atomic E-state index is 12.0. The Bertz CT molecular complexity index is 390. The molecule has 98 valence electrons. The zero-order valence-electron chi connectivity index (χ0n) is 10.2. The van der Waals surface area contributed by atoms with Gasteiger partial charge < -0.3 is 4.90 Å². The van der Waals surface area contributed by atoms with Crippen molar-refractivity contribution in [2.75, 3.05) is 19.3 Å². The molecule has 1 atom stereocenters. The molecule has 17 heavy (non-hydrogen) atoms. The Kier molecular flexibility index (Phi) is 3.73. The Hall–Kier alpha value is -0.620. The summed E-state index contributed by atoms with van der Waals surface area (Å²) >= 11 is 0. The molecule has 0 aromatic heterocycles. The minimum atomic E-state index is -3.17. The molecule has 0 radical (unpaired) electrons. The molecule has 5 nitrogen and oxygen atoms in total. The summed E-state index contributed by atoms with van der Waals surface area (Å²) in [5.41, 5.74) is 0. The Morgan fingerprint density at radius 2 is 2.00 bits per heavy atom. The zero-order valence-corrected chi connectivity index (χ0v) is 11.0. The third-order valence-corrected chi connectivity index (χ3v) is 4.11. The number of likely N-dealkylation sites (tertiary alicyclic amines) is 1. The number of hydrogen-bond donors (Lipinski definition) is 1. The van der Waals surface area contributed by atoms with Crippen LogP contribution < -0.4 is 4.72 Å². The third-order valence-electron chi connectivity index (χ3n) is 3.42. The first kappa shape index (κ1) is 12.8. The molecule has 1 aliphatic heterocycles. The minimum absolute atomic E-state index is 0.0478. The molecule has 1 amide bonds. The number of carbonyl (C=O) groups is 1. The number of nitrogens with one attached hydrogen (secondary N) is 1. The van der Waals surface area contributed by atoms with E-state index < -0.39 is 10.0 Å². The van der Waals surface area contributed by atoms with E-state index in [1.165, 1.54) is 0 Å². The summed E-state index contributed by atoms with van der Waals surface area (Å²) in [4.78, 5) is 13.9. The van der Waals surface area contributed by atoms with Crippen molar-refractivity contribution in [3.63, 3.8) is 0 Å². The summed E-state index contributed by atoms with van der Waals surface area (Å²) in [5, 5.41) is 0. The van der Waals surface area contributed by atoms with Gasteiger partial charge >= 0.3 is 0 Å². The molecule has 2 aliphatic rings. The maximum atomic E-state index is 12.0. The average Bonchev–Trinajstić information content (AvgIpc) is 3.08. The van der Waals surface area contributed by atoms with E-state index in [0.717, 1.165) is 44.9 Å². The first-order valence-electron chi connectivity index (χ1n) is 6.22. The quantitative estimate of drug-likeness (QED) is 0.792. The summed E-state index contributed by atoms with van der Waals surface area (Å²) in [6.07, 6.45) is 6.17. The van der Waals surface area contributed by atoms with Crippen LogP contribution >= 0.6 is 0 Å². The van der Waals surface area contributed by atoms with Crippen LogP contribution in [0.3, 0.4) is 0 Å². The molecule has 0 aromatic carbocycles. The van der Waals surface area contributed by atoms with Crippen molar-refractivity contribution >= 4 is 15.9 Å². The molecule has 1 heterocycles. The van der Waals surface area contributed by atoms with E-state index in [1.54, 1.807) is 0 Å². The first-order valence-corrected chi connectivity index (χ1v) is 8.11.